The molecule has 0 saturated carbocycles. The van der Waals surface area contributed by atoms with Gasteiger partial charge < -0.3 is 10.6 Å². The standard InChI is InChI=1S/C16H16Cl2N2O/c1-20(10-12-6-13(17)9-14(18)7-12)16(21)8-11-2-4-15(19)5-3-11/h2-7,9H,8,10,19H2,1H3. The summed E-state index contributed by atoms with van der Waals surface area (Å²) in [6.45, 7) is 0.466. The van der Waals surface area contributed by atoms with Gasteiger partial charge in [0.05, 0.1) is 6.42 Å². The van der Waals surface area contributed by atoms with Crippen molar-refractivity contribution in [2.24, 2.45) is 0 Å². The van der Waals surface area contributed by atoms with Crippen LogP contribution in [-0.2, 0) is 17.8 Å². The summed E-state index contributed by atoms with van der Waals surface area (Å²) in [6.07, 6.45) is 0.338. The minimum Gasteiger partial charge on any atom is -0.399 e. The molecule has 0 atom stereocenters. The predicted octanol–water partition coefficient (Wildman–Crippen LogP) is 3.78. The number of hydrogen-bond donors (Lipinski definition) is 1. The molecule has 1 amide bonds. The van der Waals surface area contributed by atoms with Crippen LogP contribution in [0.1, 0.15) is 11.1 Å². The van der Waals surface area contributed by atoms with Gasteiger partial charge in [-0.05, 0) is 41.5 Å². The summed E-state index contributed by atoms with van der Waals surface area (Å²) in [4.78, 5) is 13.9. The van der Waals surface area contributed by atoms with Crippen molar-refractivity contribution in [2.75, 3.05) is 12.8 Å². The van der Waals surface area contributed by atoms with Crippen LogP contribution in [0.4, 0.5) is 5.69 Å². The molecular weight excluding hydrogens is 307 g/mol. The highest BCUT2D eigenvalue weighted by molar-refractivity contribution is 6.34. The molecule has 2 N–H and O–H groups in total. The van der Waals surface area contributed by atoms with Gasteiger partial charge in [0.25, 0.3) is 0 Å². The highest BCUT2D eigenvalue weighted by Crippen LogP contribution is 2.20. The molecule has 0 aromatic heterocycles. The lowest BCUT2D eigenvalue weighted by Crippen LogP contribution is -2.27. The van der Waals surface area contributed by atoms with Crippen LogP contribution in [0.3, 0.4) is 0 Å². The lowest BCUT2D eigenvalue weighted by atomic mass is 10.1. The van der Waals surface area contributed by atoms with Crippen molar-refractivity contribution in [3.63, 3.8) is 0 Å². The maximum Gasteiger partial charge on any atom is 0.227 e. The number of anilines is 1. The molecule has 0 aliphatic heterocycles. The average molecular weight is 323 g/mol. The second-order valence-electron chi connectivity index (χ2n) is 4.95. The third kappa shape index (κ3) is 4.66. The largest absolute Gasteiger partial charge is 0.399 e. The topological polar surface area (TPSA) is 46.3 Å². The molecule has 0 fully saturated rings. The van der Waals surface area contributed by atoms with Gasteiger partial charge in [-0.2, -0.15) is 0 Å². The van der Waals surface area contributed by atoms with Gasteiger partial charge in [0, 0.05) is 29.3 Å². The summed E-state index contributed by atoms with van der Waals surface area (Å²) >= 11 is 11.9. The Balaban J connectivity index is 2.00. The Morgan fingerprint density at radius 1 is 1.05 bits per heavy atom. The lowest BCUT2D eigenvalue weighted by Gasteiger charge is -2.18. The number of carbonyl (C=O) groups is 1. The first-order chi connectivity index (χ1) is 9.94. The van der Waals surface area contributed by atoms with E-state index < -0.39 is 0 Å². The summed E-state index contributed by atoms with van der Waals surface area (Å²) in [5.41, 5.74) is 8.15. The molecule has 0 radical (unpaired) electrons. The van der Waals surface area contributed by atoms with Gasteiger partial charge in [0.15, 0.2) is 0 Å². The fourth-order valence-corrected chi connectivity index (χ4v) is 2.58. The van der Waals surface area contributed by atoms with E-state index in [2.05, 4.69) is 0 Å². The van der Waals surface area contributed by atoms with E-state index in [-0.39, 0.29) is 5.91 Å². The predicted molar refractivity (Wildman–Crippen MR) is 87.5 cm³/mol. The zero-order valence-electron chi connectivity index (χ0n) is 11.6. The quantitative estimate of drug-likeness (QED) is 0.871. The summed E-state index contributed by atoms with van der Waals surface area (Å²) in [7, 11) is 1.76. The van der Waals surface area contributed by atoms with Crippen LogP contribution in [0.5, 0.6) is 0 Å². The van der Waals surface area contributed by atoms with Crippen LogP contribution < -0.4 is 5.73 Å². The van der Waals surface area contributed by atoms with Crippen molar-refractivity contribution in [2.45, 2.75) is 13.0 Å². The number of amides is 1. The molecule has 2 aromatic carbocycles. The van der Waals surface area contributed by atoms with E-state index in [1.807, 2.05) is 12.1 Å². The number of nitrogen functional groups attached to an aromatic ring is 1. The van der Waals surface area contributed by atoms with Crippen molar-refractivity contribution in [3.05, 3.63) is 63.6 Å². The average Bonchev–Trinajstić information content (AvgIpc) is 2.40. The summed E-state index contributed by atoms with van der Waals surface area (Å²) in [5.74, 6) is 0.0240. The number of carbonyl (C=O) groups excluding carboxylic acids is 1. The van der Waals surface area contributed by atoms with E-state index in [1.165, 1.54) is 0 Å². The fraction of sp³-hybridized carbons (Fsp3) is 0.188. The smallest absolute Gasteiger partial charge is 0.227 e. The van der Waals surface area contributed by atoms with E-state index in [1.54, 1.807) is 42.3 Å². The number of likely N-dealkylation sites (N-methyl/N-ethyl adjacent to an activating group) is 1. The first-order valence-electron chi connectivity index (χ1n) is 6.47. The molecule has 0 aliphatic carbocycles. The molecule has 0 bridgehead atoms. The Bertz CT molecular complexity index is 621. The van der Waals surface area contributed by atoms with Gasteiger partial charge in [-0.15, -0.1) is 0 Å². The van der Waals surface area contributed by atoms with E-state index in [0.717, 1.165) is 11.1 Å². The van der Waals surface area contributed by atoms with Gasteiger partial charge in [-0.25, -0.2) is 0 Å². The minimum absolute atomic E-state index is 0.0240. The Labute approximate surface area is 134 Å². The summed E-state index contributed by atoms with van der Waals surface area (Å²) in [5, 5.41) is 1.13. The molecule has 0 spiro atoms. The molecule has 2 rings (SSSR count). The first-order valence-corrected chi connectivity index (χ1v) is 7.23. The van der Waals surface area contributed by atoms with Crippen LogP contribution in [0.2, 0.25) is 10.0 Å². The van der Waals surface area contributed by atoms with Crippen LogP contribution in [-0.4, -0.2) is 17.9 Å². The third-order valence-electron chi connectivity index (χ3n) is 3.10. The van der Waals surface area contributed by atoms with Crippen molar-refractivity contribution >= 4 is 34.8 Å². The minimum atomic E-state index is 0.0240. The van der Waals surface area contributed by atoms with Crippen LogP contribution >= 0.6 is 23.2 Å². The molecule has 2 aromatic rings. The molecule has 21 heavy (non-hydrogen) atoms. The number of nitrogens with zero attached hydrogens (tertiary/aromatic N) is 1. The zero-order valence-corrected chi connectivity index (χ0v) is 13.2. The van der Waals surface area contributed by atoms with Gasteiger partial charge in [0.2, 0.25) is 5.91 Å². The summed E-state index contributed by atoms with van der Waals surface area (Å²) < 4.78 is 0. The van der Waals surface area contributed by atoms with E-state index in [4.69, 9.17) is 28.9 Å². The number of benzene rings is 2. The highest BCUT2D eigenvalue weighted by Gasteiger charge is 2.11. The monoisotopic (exact) mass is 322 g/mol. The third-order valence-corrected chi connectivity index (χ3v) is 3.54. The number of rotatable bonds is 4. The first kappa shape index (κ1) is 15.7. The Kier molecular flexibility index (Phi) is 5.10. The Morgan fingerprint density at radius 3 is 2.19 bits per heavy atom. The van der Waals surface area contributed by atoms with Crippen molar-refractivity contribution < 1.29 is 4.79 Å². The van der Waals surface area contributed by atoms with Crippen LogP contribution in [0.15, 0.2) is 42.5 Å². The van der Waals surface area contributed by atoms with Crippen molar-refractivity contribution in [3.8, 4) is 0 Å². The Morgan fingerprint density at radius 2 is 1.62 bits per heavy atom. The van der Waals surface area contributed by atoms with E-state index in [9.17, 15) is 4.79 Å². The van der Waals surface area contributed by atoms with Gasteiger partial charge in [0.1, 0.15) is 0 Å². The molecule has 0 aliphatic rings. The molecule has 0 heterocycles. The number of hydrogen-bond acceptors (Lipinski definition) is 2. The zero-order chi connectivity index (χ0) is 15.4. The van der Waals surface area contributed by atoms with Gasteiger partial charge in [-0.3, -0.25) is 4.79 Å². The molecule has 3 nitrogen and oxygen atoms in total. The van der Waals surface area contributed by atoms with Crippen LogP contribution in [0, 0.1) is 0 Å². The molecule has 110 valence electrons. The summed E-state index contributed by atoms with van der Waals surface area (Å²) in [6, 6.07) is 12.6. The second-order valence-corrected chi connectivity index (χ2v) is 5.82. The number of nitrogens with two attached hydrogens (primary N) is 1. The normalized spacial score (nSPS) is 10.4. The van der Waals surface area contributed by atoms with Crippen LogP contribution in [0.25, 0.3) is 0 Å². The van der Waals surface area contributed by atoms with Crippen molar-refractivity contribution in [1.82, 2.24) is 4.90 Å². The molecule has 0 saturated heterocycles. The van der Waals surface area contributed by atoms with Gasteiger partial charge in [-0.1, -0.05) is 35.3 Å². The molecule has 0 unspecified atom stereocenters. The fourth-order valence-electron chi connectivity index (χ4n) is 2.01. The SMILES string of the molecule is CN(Cc1cc(Cl)cc(Cl)c1)C(=O)Cc1ccc(N)cc1. The number of halogens is 2. The molecule has 5 heteroatoms. The molecular formula is C16H16Cl2N2O. The van der Waals surface area contributed by atoms with Gasteiger partial charge >= 0.3 is 0 Å². The maximum absolute atomic E-state index is 12.2. The highest BCUT2D eigenvalue weighted by atomic mass is 35.5. The van der Waals surface area contributed by atoms with Crippen molar-refractivity contribution in [1.29, 1.82) is 0 Å². The maximum atomic E-state index is 12.2. The van der Waals surface area contributed by atoms with E-state index >= 15 is 0 Å². The second kappa shape index (κ2) is 6.83. The van der Waals surface area contributed by atoms with E-state index in [0.29, 0.717) is 28.7 Å². The Hall–Kier alpha value is -1.71. The lowest BCUT2D eigenvalue weighted by molar-refractivity contribution is -0.129.